The second-order valence-corrected chi connectivity index (χ2v) is 7.31. The van der Waals surface area contributed by atoms with Crippen molar-refractivity contribution in [2.45, 2.75) is 51.5 Å². The summed E-state index contributed by atoms with van der Waals surface area (Å²) in [5.74, 6) is 0.939. The summed E-state index contributed by atoms with van der Waals surface area (Å²) in [4.78, 5) is 6.93. The molecule has 1 aliphatic rings. The van der Waals surface area contributed by atoms with E-state index in [1.165, 1.54) is 44.5 Å². The van der Waals surface area contributed by atoms with Crippen LogP contribution in [0, 0.1) is 0 Å². The molecule has 0 unspecified atom stereocenters. The summed E-state index contributed by atoms with van der Waals surface area (Å²) in [5, 5.41) is 7.02. The lowest BCUT2D eigenvalue weighted by atomic mass is 10.1. The van der Waals surface area contributed by atoms with E-state index < -0.39 is 0 Å². The molecule has 1 aliphatic heterocycles. The van der Waals surface area contributed by atoms with Gasteiger partial charge in [-0.3, -0.25) is 4.99 Å². The second-order valence-electron chi connectivity index (χ2n) is 7.31. The first-order valence-corrected chi connectivity index (χ1v) is 10.6. The van der Waals surface area contributed by atoms with E-state index in [0.29, 0.717) is 6.04 Å². The van der Waals surface area contributed by atoms with Crippen molar-refractivity contribution >= 4 is 29.9 Å². The first kappa shape index (κ1) is 25.2. The van der Waals surface area contributed by atoms with Crippen LogP contribution in [0.5, 0.6) is 0 Å². The Morgan fingerprint density at radius 1 is 1.14 bits per heavy atom. The molecule has 0 aromatic heterocycles. The number of guanidine groups is 1. The van der Waals surface area contributed by atoms with Crippen molar-refractivity contribution in [2.75, 3.05) is 46.4 Å². The van der Waals surface area contributed by atoms with Gasteiger partial charge in [-0.2, -0.15) is 0 Å². The fraction of sp³-hybridized carbons (Fsp3) is 0.682. The molecule has 1 heterocycles. The van der Waals surface area contributed by atoms with Gasteiger partial charge in [-0.25, -0.2) is 0 Å². The largest absolute Gasteiger partial charge is 0.381 e. The normalized spacial score (nSPS) is 15.9. The average molecular weight is 502 g/mol. The summed E-state index contributed by atoms with van der Waals surface area (Å²) in [7, 11) is 1.86. The van der Waals surface area contributed by atoms with Crippen molar-refractivity contribution in [3.63, 3.8) is 0 Å². The Balaban J connectivity index is 0.00000392. The molecule has 0 saturated carbocycles. The van der Waals surface area contributed by atoms with Gasteiger partial charge in [-0.05, 0) is 50.6 Å². The number of halogens is 1. The molecule has 2 N–H and O–H groups in total. The first-order valence-electron chi connectivity index (χ1n) is 10.6. The standard InChI is InChI=1S/C22H38N4O.HI/c1-3-15-26-16-11-21(12-17-26)25-22(23-2)24-14-7-8-18-27-19-13-20-9-5-4-6-10-20;/h4-6,9-10,21H,3,7-8,11-19H2,1-2H3,(H2,23,24,25);1H. The molecule has 5 nitrogen and oxygen atoms in total. The summed E-state index contributed by atoms with van der Waals surface area (Å²) < 4.78 is 5.74. The van der Waals surface area contributed by atoms with E-state index in [2.05, 4.69) is 57.8 Å². The minimum atomic E-state index is 0. The topological polar surface area (TPSA) is 48.9 Å². The highest BCUT2D eigenvalue weighted by molar-refractivity contribution is 14.0. The van der Waals surface area contributed by atoms with Crippen molar-refractivity contribution in [3.8, 4) is 0 Å². The molecular weight excluding hydrogens is 463 g/mol. The van der Waals surface area contributed by atoms with E-state index >= 15 is 0 Å². The molecular formula is C22H39IN4O. The molecule has 1 fully saturated rings. The molecule has 1 aromatic rings. The van der Waals surface area contributed by atoms with E-state index in [-0.39, 0.29) is 24.0 Å². The van der Waals surface area contributed by atoms with Gasteiger partial charge in [0, 0.05) is 39.3 Å². The minimum absolute atomic E-state index is 0. The Morgan fingerprint density at radius 2 is 1.89 bits per heavy atom. The van der Waals surface area contributed by atoms with Crippen LogP contribution in [0.3, 0.4) is 0 Å². The van der Waals surface area contributed by atoms with Gasteiger partial charge < -0.3 is 20.3 Å². The third-order valence-electron chi connectivity index (χ3n) is 5.08. The van der Waals surface area contributed by atoms with Crippen molar-refractivity contribution in [1.82, 2.24) is 15.5 Å². The third-order valence-corrected chi connectivity index (χ3v) is 5.08. The molecule has 1 saturated heterocycles. The number of aliphatic imine (C=N–C) groups is 1. The van der Waals surface area contributed by atoms with E-state index in [4.69, 9.17) is 4.74 Å². The monoisotopic (exact) mass is 502 g/mol. The van der Waals surface area contributed by atoms with Crippen molar-refractivity contribution in [3.05, 3.63) is 35.9 Å². The predicted octanol–water partition coefficient (Wildman–Crippen LogP) is 3.68. The van der Waals surface area contributed by atoms with Crippen molar-refractivity contribution < 1.29 is 4.74 Å². The molecule has 0 atom stereocenters. The summed E-state index contributed by atoms with van der Waals surface area (Å²) >= 11 is 0. The van der Waals surface area contributed by atoms with Crippen LogP contribution in [0.25, 0.3) is 0 Å². The number of nitrogens with zero attached hydrogens (tertiary/aromatic N) is 2. The van der Waals surface area contributed by atoms with Gasteiger partial charge in [-0.15, -0.1) is 24.0 Å². The lowest BCUT2D eigenvalue weighted by Gasteiger charge is -2.32. The van der Waals surface area contributed by atoms with Gasteiger partial charge in [0.05, 0.1) is 6.61 Å². The summed E-state index contributed by atoms with van der Waals surface area (Å²) in [6.45, 7) is 8.45. The Labute approximate surface area is 188 Å². The number of benzene rings is 1. The van der Waals surface area contributed by atoms with Gasteiger partial charge in [0.15, 0.2) is 5.96 Å². The van der Waals surface area contributed by atoms with Crippen LogP contribution >= 0.6 is 24.0 Å². The number of hydrogen-bond donors (Lipinski definition) is 2. The van der Waals surface area contributed by atoms with Crippen LogP contribution in [0.15, 0.2) is 35.3 Å². The molecule has 6 heteroatoms. The number of piperidine rings is 1. The Hall–Kier alpha value is -0.860. The number of hydrogen-bond acceptors (Lipinski definition) is 3. The molecule has 0 aliphatic carbocycles. The lowest BCUT2D eigenvalue weighted by Crippen LogP contribution is -2.48. The van der Waals surface area contributed by atoms with Crippen LogP contribution in [0.4, 0.5) is 0 Å². The Morgan fingerprint density at radius 3 is 2.57 bits per heavy atom. The SMILES string of the molecule is CCCN1CCC(NC(=NC)NCCCCOCCc2ccccc2)CC1.I. The third kappa shape index (κ3) is 10.6. The second kappa shape index (κ2) is 16.0. The number of rotatable bonds is 11. The fourth-order valence-corrected chi connectivity index (χ4v) is 3.48. The minimum Gasteiger partial charge on any atom is -0.381 e. The fourth-order valence-electron chi connectivity index (χ4n) is 3.48. The van der Waals surface area contributed by atoms with Crippen LogP contribution in [-0.2, 0) is 11.2 Å². The molecule has 0 amide bonds. The average Bonchev–Trinajstić information content (AvgIpc) is 2.71. The Bertz CT molecular complexity index is 519. The maximum absolute atomic E-state index is 5.74. The smallest absolute Gasteiger partial charge is 0.191 e. The quantitative estimate of drug-likeness (QED) is 0.210. The molecule has 0 spiro atoms. The highest BCUT2D eigenvalue weighted by Crippen LogP contribution is 2.10. The maximum Gasteiger partial charge on any atom is 0.191 e. The van der Waals surface area contributed by atoms with Crippen molar-refractivity contribution in [1.29, 1.82) is 0 Å². The van der Waals surface area contributed by atoms with Gasteiger partial charge in [0.1, 0.15) is 0 Å². The molecule has 160 valence electrons. The molecule has 0 radical (unpaired) electrons. The summed E-state index contributed by atoms with van der Waals surface area (Å²) in [5.41, 5.74) is 1.34. The van der Waals surface area contributed by atoms with Crippen LogP contribution in [0.1, 0.15) is 44.6 Å². The van der Waals surface area contributed by atoms with E-state index in [9.17, 15) is 0 Å². The van der Waals surface area contributed by atoms with E-state index in [0.717, 1.165) is 45.0 Å². The molecule has 0 bridgehead atoms. The zero-order chi connectivity index (χ0) is 19.2. The number of ether oxygens (including phenoxy) is 1. The summed E-state index contributed by atoms with van der Waals surface area (Å²) in [6, 6.07) is 11.1. The Kier molecular flexibility index (Phi) is 14.4. The lowest BCUT2D eigenvalue weighted by molar-refractivity contribution is 0.133. The van der Waals surface area contributed by atoms with Crippen LogP contribution in [-0.4, -0.2) is 63.3 Å². The predicted molar refractivity (Wildman–Crippen MR) is 130 cm³/mol. The molecule has 2 rings (SSSR count). The van der Waals surface area contributed by atoms with Gasteiger partial charge in [0.2, 0.25) is 0 Å². The number of unbranched alkanes of at least 4 members (excludes halogenated alkanes) is 1. The van der Waals surface area contributed by atoms with Gasteiger partial charge >= 0.3 is 0 Å². The zero-order valence-corrected chi connectivity index (χ0v) is 20.0. The molecule has 1 aromatic carbocycles. The van der Waals surface area contributed by atoms with Gasteiger partial charge in [-0.1, -0.05) is 37.3 Å². The summed E-state index contributed by atoms with van der Waals surface area (Å²) in [6.07, 6.45) is 6.82. The van der Waals surface area contributed by atoms with Crippen LogP contribution in [0.2, 0.25) is 0 Å². The van der Waals surface area contributed by atoms with E-state index in [1.54, 1.807) is 0 Å². The highest BCUT2D eigenvalue weighted by Gasteiger charge is 2.19. The maximum atomic E-state index is 5.74. The highest BCUT2D eigenvalue weighted by atomic mass is 127. The zero-order valence-electron chi connectivity index (χ0n) is 17.7. The first-order chi connectivity index (χ1) is 13.3. The van der Waals surface area contributed by atoms with E-state index in [1.807, 2.05) is 7.05 Å². The van der Waals surface area contributed by atoms with Gasteiger partial charge in [0.25, 0.3) is 0 Å². The van der Waals surface area contributed by atoms with Crippen molar-refractivity contribution in [2.24, 2.45) is 4.99 Å². The van der Waals surface area contributed by atoms with Crippen LogP contribution < -0.4 is 10.6 Å². The molecule has 28 heavy (non-hydrogen) atoms. The number of likely N-dealkylation sites (tertiary alicyclic amines) is 1. The number of nitrogens with one attached hydrogen (secondary N) is 2.